The van der Waals surface area contributed by atoms with Crippen molar-refractivity contribution in [2.75, 3.05) is 30.9 Å². The van der Waals surface area contributed by atoms with Crippen LogP contribution >= 0.6 is 11.8 Å². The van der Waals surface area contributed by atoms with Gasteiger partial charge in [0.15, 0.2) is 11.0 Å². The Bertz CT molecular complexity index is 719. The Labute approximate surface area is 145 Å². The van der Waals surface area contributed by atoms with Gasteiger partial charge < -0.3 is 9.64 Å². The summed E-state index contributed by atoms with van der Waals surface area (Å²) in [5.41, 5.74) is 0.527. The number of rotatable bonds is 5. The summed E-state index contributed by atoms with van der Waals surface area (Å²) in [5, 5.41) is 10.0. The van der Waals surface area contributed by atoms with Crippen molar-refractivity contribution in [3.05, 3.63) is 36.2 Å². The van der Waals surface area contributed by atoms with Crippen LogP contribution < -0.4 is 9.64 Å². The summed E-state index contributed by atoms with van der Waals surface area (Å²) in [6.45, 7) is 2.35. The quantitative estimate of drug-likeness (QED) is 0.611. The molecule has 0 saturated carbocycles. The highest BCUT2D eigenvalue weighted by atomic mass is 32.2. The maximum atomic E-state index is 9.33. The van der Waals surface area contributed by atoms with Gasteiger partial charge in [0.2, 0.25) is 5.88 Å². The van der Waals surface area contributed by atoms with Crippen molar-refractivity contribution in [1.82, 2.24) is 15.0 Å². The first kappa shape index (κ1) is 16.5. The molecule has 7 heteroatoms. The van der Waals surface area contributed by atoms with Gasteiger partial charge in [-0.25, -0.2) is 15.0 Å². The van der Waals surface area contributed by atoms with E-state index in [4.69, 9.17) is 4.74 Å². The molecule has 0 aromatic carbocycles. The first-order chi connectivity index (χ1) is 11.8. The fraction of sp³-hybridized carbons (Fsp3) is 0.412. The summed E-state index contributed by atoms with van der Waals surface area (Å²) in [5.74, 6) is 1.78. The van der Waals surface area contributed by atoms with E-state index in [1.165, 1.54) is 11.8 Å². The number of nitrogens with zero attached hydrogens (tertiary/aromatic N) is 5. The molecule has 2 aromatic heterocycles. The number of nitriles is 1. The molecule has 3 heterocycles. The van der Waals surface area contributed by atoms with Crippen molar-refractivity contribution in [3.63, 3.8) is 0 Å². The predicted molar refractivity (Wildman–Crippen MR) is 93.2 cm³/mol. The van der Waals surface area contributed by atoms with E-state index in [2.05, 4.69) is 25.9 Å². The molecule has 3 rings (SSSR count). The van der Waals surface area contributed by atoms with Gasteiger partial charge in [-0.3, -0.25) is 0 Å². The van der Waals surface area contributed by atoms with Crippen LogP contribution in [0.5, 0.6) is 5.88 Å². The molecule has 1 unspecified atom stereocenters. The Balaban J connectivity index is 1.68. The molecule has 124 valence electrons. The van der Waals surface area contributed by atoms with Gasteiger partial charge in [-0.2, -0.15) is 5.26 Å². The number of hydrogen-bond donors (Lipinski definition) is 0. The fourth-order valence-corrected chi connectivity index (χ4v) is 3.14. The van der Waals surface area contributed by atoms with E-state index in [0.29, 0.717) is 29.1 Å². The molecule has 0 bridgehead atoms. The lowest BCUT2D eigenvalue weighted by atomic mass is 9.98. The molecule has 6 nitrogen and oxygen atoms in total. The Hall–Kier alpha value is -2.33. The van der Waals surface area contributed by atoms with Crippen molar-refractivity contribution >= 4 is 17.6 Å². The number of piperidine rings is 1. The molecule has 0 amide bonds. The van der Waals surface area contributed by atoms with E-state index in [9.17, 15) is 5.26 Å². The van der Waals surface area contributed by atoms with Crippen LogP contribution in [0, 0.1) is 17.2 Å². The summed E-state index contributed by atoms with van der Waals surface area (Å²) >= 11 is 1.48. The molecule has 0 spiro atoms. The lowest BCUT2D eigenvalue weighted by Gasteiger charge is -2.33. The van der Waals surface area contributed by atoms with E-state index in [0.717, 1.165) is 31.7 Å². The fourth-order valence-electron chi connectivity index (χ4n) is 2.80. The maximum absolute atomic E-state index is 9.33. The molecule has 0 radical (unpaired) electrons. The SMILES string of the molecule is CSc1ncc(C#N)c(N2CCCC(COc3ccccn3)C2)n1. The summed E-state index contributed by atoms with van der Waals surface area (Å²) < 4.78 is 5.79. The van der Waals surface area contributed by atoms with Gasteiger partial charge in [-0.15, -0.1) is 0 Å². The smallest absolute Gasteiger partial charge is 0.213 e. The second-order valence-electron chi connectivity index (χ2n) is 5.64. The van der Waals surface area contributed by atoms with Crippen LogP contribution in [-0.4, -0.2) is 40.9 Å². The van der Waals surface area contributed by atoms with Crippen LogP contribution in [0.25, 0.3) is 0 Å². The molecule has 1 aliphatic rings. The van der Waals surface area contributed by atoms with Gasteiger partial charge in [0.05, 0.1) is 12.8 Å². The van der Waals surface area contributed by atoms with Gasteiger partial charge in [-0.05, 0) is 25.2 Å². The summed E-state index contributed by atoms with van der Waals surface area (Å²) in [6.07, 6.45) is 7.44. The zero-order valence-corrected chi connectivity index (χ0v) is 14.4. The van der Waals surface area contributed by atoms with E-state index in [1.807, 2.05) is 24.5 Å². The van der Waals surface area contributed by atoms with E-state index in [1.54, 1.807) is 12.4 Å². The Morgan fingerprint density at radius 3 is 3.08 bits per heavy atom. The van der Waals surface area contributed by atoms with Gasteiger partial charge in [0, 0.05) is 31.3 Å². The van der Waals surface area contributed by atoms with E-state index < -0.39 is 0 Å². The Morgan fingerprint density at radius 2 is 2.33 bits per heavy atom. The number of aromatic nitrogens is 3. The average Bonchev–Trinajstić information content (AvgIpc) is 2.67. The molecule has 0 aliphatic carbocycles. The second kappa shape index (κ2) is 7.97. The highest BCUT2D eigenvalue weighted by Crippen LogP contribution is 2.26. The van der Waals surface area contributed by atoms with Crippen molar-refractivity contribution in [1.29, 1.82) is 5.26 Å². The van der Waals surface area contributed by atoms with Crippen molar-refractivity contribution in [3.8, 4) is 11.9 Å². The highest BCUT2D eigenvalue weighted by molar-refractivity contribution is 7.98. The highest BCUT2D eigenvalue weighted by Gasteiger charge is 2.24. The number of anilines is 1. The molecule has 1 saturated heterocycles. The minimum absolute atomic E-state index is 0.389. The summed E-state index contributed by atoms with van der Waals surface area (Å²) in [4.78, 5) is 15.1. The van der Waals surface area contributed by atoms with Crippen LogP contribution in [-0.2, 0) is 0 Å². The van der Waals surface area contributed by atoms with Gasteiger partial charge in [-0.1, -0.05) is 17.8 Å². The standard InChI is InChI=1S/C17H19N5OS/c1-24-17-20-10-14(9-18)16(21-17)22-8-4-5-13(11-22)12-23-15-6-2-3-7-19-15/h2-3,6-7,10,13H,4-5,8,11-12H2,1H3. The Kier molecular flexibility index (Phi) is 5.49. The van der Waals surface area contributed by atoms with Crippen LogP contribution in [0.1, 0.15) is 18.4 Å². The van der Waals surface area contributed by atoms with Crippen LogP contribution in [0.3, 0.4) is 0 Å². The topological polar surface area (TPSA) is 74.9 Å². The van der Waals surface area contributed by atoms with Crippen LogP contribution in [0.4, 0.5) is 5.82 Å². The summed E-state index contributed by atoms with van der Waals surface area (Å²) in [7, 11) is 0. The first-order valence-corrected chi connectivity index (χ1v) is 9.12. The molecular formula is C17H19N5OS. The minimum atomic E-state index is 0.389. The second-order valence-corrected chi connectivity index (χ2v) is 6.41. The molecule has 24 heavy (non-hydrogen) atoms. The molecular weight excluding hydrogens is 322 g/mol. The molecule has 2 aromatic rings. The minimum Gasteiger partial charge on any atom is -0.477 e. The van der Waals surface area contributed by atoms with Crippen molar-refractivity contribution < 1.29 is 4.74 Å². The average molecular weight is 341 g/mol. The van der Waals surface area contributed by atoms with Gasteiger partial charge in [0.25, 0.3) is 0 Å². The van der Waals surface area contributed by atoms with E-state index in [-0.39, 0.29) is 0 Å². The Morgan fingerprint density at radius 1 is 1.42 bits per heavy atom. The van der Waals surface area contributed by atoms with Gasteiger partial charge >= 0.3 is 0 Å². The number of thioether (sulfide) groups is 1. The van der Waals surface area contributed by atoms with Crippen molar-refractivity contribution in [2.45, 2.75) is 18.0 Å². The lowest BCUT2D eigenvalue weighted by Crippen LogP contribution is -2.38. The first-order valence-electron chi connectivity index (χ1n) is 7.90. The summed E-state index contributed by atoms with van der Waals surface area (Å²) in [6, 6.07) is 7.85. The van der Waals surface area contributed by atoms with E-state index >= 15 is 0 Å². The zero-order chi connectivity index (χ0) is 16.8. The normalized spacial score (nSPS) is 17.3. The van der Waals surface area contributed by atoms with Crippen molar-refractivity contribution in [2.24, 2.45) is 5.92 Å². The largest absolute Gasteiger partial charge is 0.477 e. The molecule has 0 N–H and O–H groups in total. The van der Waals surface area contributed by atoms with Crippen LogP contribution in [0.15, 0.2) is 35.7 Å². The third-order valence-corrected chi connectivity index (χ3v) is 4.53. The number of hydrogen-bond acceptors (Lipinski definition) is 7. The zero-order valence-electron chi connectivity index (χ0n) is 13.6. The predicted octanol–water partition coefficient (Wildman–Crippen LogP) is 2.76. The lowest BCUT2D eigenvalue weighted by molar-refractivity contribution is 0.221. The monoisotopic (exact) mass is 341 g/mol. The van der Waals surface area contributed by atoms with Crippen LogP contribution in [0.2, 0.25) is 0 Å². The third kappa shape index (κ3) is 3.95. The van der Waals surface area contributed by atoms with Gasteiger partial charge in [0.1, 0.15) is 11.6 Å². The molecule has 1 aliphatic heterocycles. The maximum Gasteiger partial charge on any atom is 0.213 e. The molecule has 1 atom stereocenters. The number of ether oxygens (including phenoxy) is 1. The molecule has 1 fully saturated rings. The number of pyridine rings is 1. The third-order valence-electron chi connectivity index (χ3n) is 3.97.